The minimum atomic E-state index is 0.435. The van der Waals surface area contributed by atoms with Gasteiger partial charge >= 0.3 is 0 Å². The van der Waals surface area contributed by atoms with E-state index in [4.69, 9.17) is 0 Å². The van der Waals surface area contributed by atoms with Gasteiger partial charge in [0.2, 0.25) is 0 Å². The van der Waals surface area contributed by atoms with Gasteiger partial charge in [-0.3, -0.25) is 0 Å². The number of rotatable bonds is 0. The molecule has 2 heterocycles. The Hall–Kier alpha value is -0.0400. The Labute approximate surface area is 88.7 Å². The van der Waals surface area contributed by atoms with Crippen LogP contribution in [0.2, 0.25) is 0 Å². The van der Waals surface area contributed by atoms with Crippen molar-refractivity contribution in [2.75, 3.05) is 0 Å². The van der Waals surface area contributed by atoms with E-state index < -0.39 is 0 Å². The highest BCUT2D eigenvalue weighted by Gasteiger charge is 2.50. The molecule has 0 radical (unpaired) electrons. The summed E-state index contributed by atoms with van der Waals surface area (Å²) in [5.41, 5.74) is 1.35. The quantitative estimate of drug-likeness (QED) is 0.625. The van der Waals surface area contributed by atoms with Crippen LogP contribution in [0.3, 0.4) is 0 Å². The lowest BCUT2D eigenvalue weighted by Gasteiger charge is -2.46. The lowest BCUT2D eigenvalue weighted by atomic mass is 9.68. The Morgan fingerprint density at radius 3 is 1.79 bits per heavy atom. The summed E-state index contributed by atoms with van der Waals surface area (Å²) >= 11 is 0. The first-order valence-corrected chi connectivity index (χ1v) is 6.02. The summed E-state index contributed by atoms with van der Waals surface area (Å²) in [7, 11) is 0. The van der Waals surface area contributed by atoms with Crippen molar-refractivity contribution in [3.63, 3.8) is 0 Å². The second kappa shape index (κ2) is 2.75. The highest BCUT2D eigenvalue weighted by Crippen LogP contribution is 2.49. The van der Waals surface area contributed by atoms with E-state index in [0.717, 1.165) is 5.92 Å². The van der Waals surface area contributed by atoms with Gasteiger partial charge in [0.1, 0.15) is 0 Å². The molecule has 0 spiro atoms. The fourth-order valence-electron chi connectivity index (χ4n) is 3.48. The van der Waals surface area contributed by atoms with Crippen molar-refractivity contribution in [3.05, 3.63) is 0 Å². The number of piperidine rings is 1. The number of nitrogens with one attached hydrogen (secondary N) is 1. The van der Waals surface area contributed by atoms with Gasteiger partial charge in [-0.15, -0.1) is 0 Å². The summed E-state index contributed by atoms with van der Waals surface area (Å²) in [6.07, 6.45) is 5.48. The summed E-state index contributed by atoms with van der Waals surface area (Å²) in [5.74, 6) is 0.890. The Morgan fingerprint density at radius 1 is 1.00 bits per heavy atom. The maximum absolute atomic E-state index is 3.85. The van der Waals surface area contributed by atoms with Crippen molar-refractivity contribution in [3.8, 4) is 0 Å². The highest BCUT2D eigenvalue weighted by atomic mass is 15.1. The van der Waals surface area contributed by atoms with Crippen molar-refractivity contribution in [2.24, 2.45) is 11.3 Å². The van der Waals surface area contributed by atoms with Crippen LogP contribution < -0.4 is 5.32 Å². The molecule has 0 saturated carbocycles. The fourth-order valence-corrected chi connectivity index (χ4v) is 3.48. The molecule has 1 nitrogen and oxygen atoms in total. The van der Waals surface area contributed by atoms with E-state index >= 15 is 0 Å². The third kappa shape index (κ3) is 1.71. The second-order valence-electron chi connectivity index (χ2n) is 7.22. The largest absolute Gasteiger partial charge is 0.306 e. The zero-order valence-electron chi connectivity index (χ0n) is 10.4. The number of fused-ring (bicyclic) bond motifs is 2. The molecule has 14 heavy (non-hydrogen) atoms. The van der Waals surface area contributed by atoms with E-state index in [2.05, 4.69) is 39.9 Å². The molecule has 0 aromatic carbocycles. The molecule has 2 bridgehead atoms. The van der Waals surface area contributed by atoms with Crippen LogP contribution in [-0.2, 0) is 0 Å². The predicted molar refractivity (Wildman–Crippen MR) is 61.4 cm³/mol. The average Bonchev–Trinajstić information content (AvgIpc) is 2.18. The smallest absolute Gasteiger partial charge is 0.0161 e. The molecular weight excluding hydrogens is 170 g/mol. The van der Waals surface area contributed by atoms with Gasteiger partial charge in [-0.2, -0.15) is 0 Å². The summed E-state index contributed by atoms with van der Waals surface area (Å²) < 4.78 is 0. The summed E-state index contributed by atoms with van der Waals surface area (Å²) in [6, 6.07) is 0. The van der Waals surface area contributed by atoms with Gasteiger partial charge in [-0.05, 0) is 50.9 Å². The van der Waals surface area contributed by atoms with E-state index in [1.165, 1.54) is 25.7 Å². The van der Waals surface area contributed by atoms with Crippen molar-refractivity contribution in [1.82, 2.24) is 5.32 Å². The van der Waals surface area contributed by atoms with Gasteiger partial charge < -0.3 is 5.32 Å². The highest BCUT2D eigenvalue weighted by molar-refractivity contribution is 5.09. The zero-order valence-corrected chi connectivity index (χ0v) is 10.4. The molecule has 2 saturated heterocycles. The first kappa shape index (κ1) is 10.5. The molecule has 82 valence electrons. The van der Waals surface area contributed by atoms with Gasteiger partial charge in [0.05, 0.1) is 0 Å². The summed E-state index contributed by atoms with van der Waals surface area (Å²) in [6.45, 7) is 12.0. The van der Waals surface area contributed by atoms with Crippen LogP contribution in [0.15, 0.2) is 0 Å². The standard InChI is InChI=1S/C13H25N/c1-11(2,3)10-8-12(4)6-7-13(5,9-10)14-12/h10,14H,6-9H2,1-5H3/t10-,12-,13+. The van der Waals surface area contributed by atoms with E-state index in [9.17, 15) is 0 Å². The monoisotopic (exact) mass is 195 g/mol. The molecule has 1 heteroatoms. The lowest BCUT2D eigenvalue weighted by molar-refractivity contribution is 0.0896. The van der Waals surface area contributed by atoms with Crippen molar-refractivity contribution in [1.29, 1.82) is 0 Å². The van der Waals surface area contributed by atoms with Crippen LogP contribution in [0.5, 0.6) is 0 Å². The molecule has 2 fully saturated rings. The number of hydrogen-bond donors (Lipinski definition) is 1. The van der Waals surface area contributed by atoms with Crippen molar-refractivity contribution in [2.45, 2.75) is 71.4 Å². The van der Waals surface area contributed by atoms with Gasteiger partial charge in [0.15, 0.2) is 0 Å². The third-order valence-corrected chi connectivity index (χ3v) is 4.45. The maximum atomic E-state index is 3.85. The van der Waals surface area contributed by atoms with E-state index in [1.807, 2.05) is 0 Å². The predicted octanol–water partition coefficient (Wildman–Crippen LogP) is 3.34. The maximum Gasteiger partial charge on any atom is 0.0161 e. The normalized spacial score (nSPS) is 48.2. The van der Waals surface area contributed by atoms with Crippen LogP contribution in [0.4, 0.5) is 0 Å². The van der Waals surface area contributed by atoms with Crippen LogP contribution in [0.25, 0.3) is 0 Å². The summed E-state index contributed by atoms with van der Waals surface area (Å²) in [4.78, 5) is 0. The molecule has 0 aliphatic carbocycles. The Morgan fingerprint density at radius 2 is 1.43 bits per heavy atom. The Bertz CT molecular complexity index is 222. The molecule has 1 N–H and O–H groups in total. The van der Waals surface area contributed by atoms with E-state index in [1.54, 1.807) is 0 Å². The molecule has 0 amide bonds. The van der Waals surface area contributed by atoms with Gasteiger partial charge in [0, 0.05) is 11.1 Å². The SMILES string of the molecule is CC(C)(C)[C@H]1C[C@]2(C)CC[C@](C)(C1)N2. The van der Waals surface area contributed by atoms with Gasteiger partial charge in [-0.25, -0.2) is 0 Å². The topological polar surface area (TPSA) is 12.0 Å². The summed E-state index contributed by atoms with van der Waals surface area (Å²) in [5, 5.41) is 3.85. The van der Waals surface area contributed by atoms with E-state index in [0.29, 0.717) is 16.5 Å². The van der Waals surface area contributed by atoms with Crippen molar-refractivity contribution < 1.29 is 0 Å². The third-order valence-electron chi connectivity index (χ3n) is 4.45. The molecule has 0 aromatic rings. The fraction of sp³-hybridized carbons (Fsp3) is 1.00. The molecule has 2 aliphatic rings. The molecule has 3 atom stereocenters. The lowest BCUT2D eigenvalue weighted by Crippen LogP contribution is -2.55. The first-order valence-electron chi connectivity index (χ1n) is 6.02. The Kier molecular flexibility index (Phi) is 2.06. The number of hydrogen-bond acceptors (Lipinski definition) is 1. The second-order valence-corrected chi connectivity index (χ2v) is 7.22. The molecule has 2 rings (SSSR count). The Balaban J connectivity index is 2.20. The zero-order chi connectivity index (χ0) is 10.6. The minimum Gasteiger partial charge on any atom is -0.306 e. The molecular formula is C13H25N. The van der Waals surface area contributed by atoms with Crippen LogP contribution in [0, 0.1) is 11.3 Å². The first-order chi connectivity index (χ1) is 6.23. The minimum absolute atomic E-state index is 0.435. The van der Waals surface area contributed by atoms with Gasteiger partial charge in [-0.1, -0.05) is 20.8 Å². The van der Waals surface area contributed by atoms with Crippen LogP contribution >= 0.6 is 0 Å². The van der Waals surface area contributed by atoms with Gasteiger partial charge in [0.25, 0.3) is 0 Å². The van der Waals surface area contributed by atoms with E-state index in [-0.39, 0.29) is 0 Å². The van der Waals surface area contributed by atoms with Crippen LogP contribution in [-0.4, -0.2) is 11.1 Å². The molecule has 0 aromatic heterocycles. The van der Waals surface area contributed by atoms with Crippen LogP contribution in [0.1, 0.15) is 60.3 Å². The molecule has 2 aliphatic heterocycles. The molecule has 0 unspecified atom stereocenters. The van der Waals surface area contributed by atoms with Crippen molar-refractivity contribution >= 4 is 0 Å². The average molecular weight is 195 g/mol.